The normalized spacial score (nSPS) is 26.6. The predicted octanol–water partition coefficient (Wildman–Crippen LogP) is 5.20. The van der Waals surface area contributed by atoms with Crippen molar-refractivity contribution in [3.63, 3.8) is 0 Å². The number of aliphatic hydroxyl groups is 1. The molecule has 0 unspecified atom stereocenters. The summed E-state index contributed by atoms with van der Waals surface area (Å²) >= 11 is 0. The van der Waals surface area contributed by atoms with Gasteiger partial charge in [0.1, 0.15) is 0 Å². The summed E-state index contributed by atoms with van der Waals surface area (Å²) in [6.45, 7) is 0.954. The van der Waals surface area contributed by atoms with Crippen molar-refractivity contribution in [2.75, 3.05) is 20.3 Å². The summed E-state index contributed by atoms with van der Waals surface area (Å²) in [7, 11) is 1.43. The van der Waals surface area contributed by atoms with Crippen LogP contribution in [0, 0.1) is 17.3 Å². The van der Waals surface area contributed by atoms with Crippen LogP contribution in [-0.4, -0.2) is 37.5 Å². The lowest BCUT2D eigenvalue weighted by atomic mass is 9.70. The summed E-state index contributed by atoms with van der Waals surface area (Å²) in [5, 5.41) is 10.1. The predicted molar refractivity (Wildman–Crippen MR) is 126 cm³/mol. The minimum atomic E-state index is -0.152. The number of hydrogen-bond donors (Lipinski definition) is 1. The Morgan fingerprint density at radius 1 is 1.12 bits per heavy atom. The van der Waals surface area contributed by atoms with Crippen molar-refractivity contribution in [3.05, 3.63) is 72.3 Å². The van der Waals surface area contributed by atoms with Gasteiger partial charge in [0.2, 0.25) is 0 Å². The van der Waals surface area contributed by atoms with Crippen LogP contribution in [0.2, 0.25) is 0 Å². The van der Waals surface area contributed by atoms with Gasteiger partial charge in [-0.05, 0) is 54.7 Å². The molecule has 4 atom stereocenters. The molecule has 2 bridgehead atoms. The lowest BCUT2D eigenvalue weighted by Gasteiger charge is -2.38. The molecule has 170 valence electrons. The molecule has 1 aliphatic carbocycles. The van der Waals surface area contributed by atoms with Crippen molar-refractivity contribution in [2.24, 2.45) is 17.3 Å². The number of allylic oxidation sites excluding steroid dienone is 2. The quantitative estimate of drug-likeness (QED) is 0.317. The van der Waals surface area contributed by atoms with Crippen molar-refractivity contribution < 1.29 is 19.4 Å². The molecule has 1 saturated carbocycles. The van der Waals surface area contributed by atoms with E-state index in [1.807, 2.05) is 6.07 Å². The summed E-state index contributed by atoms with van der Waals surface area (Å²) in [5.74, 6) is 0.463. The summed E-state index contributed by atoms with van der Waals surface area (Å²) in [6, 6.07) is 19.4. The molecular weight excluding hydrogens is 400 g/mol. The topological polar surface area (TPSA) is 55.8 Å². The summed E-state index contributed by atoms with van der Waals surface area (Å²) in [5.41, 5.74) is 3.89. The molecule has 2 aromatic carbocycles. The van der Waals surface area contributed by atoms with E-state index in [1.165, 1.54) is 23.8 Å². The van der Waals surface area contributed by atoms with Gasteiger partial charge in [0.25, 0.3) is 0 Å². The molecule has 1 N–H and O–H groups in total. The highest BCUT2D eigenvalue weighted by Crippen LogP contribution is 2.56. The van der Waals surface area contributed by atoms with Gasteiger partial charge >= 0.3 is 5.97 Å². The number of esters is 1. The van der Waals surface area contributed by atoms with E-state index >= 15 is 0 Å². The molecule has 1 saturated heterocycles. The zero-order chi connectivity index (χ0) is 22.4. The maximum atomic E-state index is 11.3. The van der Waals surface area contributed by atoms with Crippen molar-refractivity contribution in [2.45, 2.75) is 44.6 Å². The zero-order valence-corrected chi connectivity index (χ0v) is 18.9. The van der Waals surface area contributed by atoms with Gasteiger partial charge in [0, 0.05) is 24.4 Å². The Kier molecular flexibility index (Phi) is 7.44. The van der Waals surface area contributed by atoms with Gasteiger partial charge in [-0.25, -0.2) is 0 Å². The van der Waals surface area contributed by atoms with E-state index < -0.39 is 0 Å². The Balaban J connectivity index is 1.41. The van der Waals surface area contributed by atoms with Crippen LogP contribution in [-0.2, 0) is 20.7 Å². The second-order valence-corrected chi connectivity index (χ2v) is 9.28. The molecule has 32 heavy (non-hydrogen) atoms. The Hall–Kier alpha value is -2.43. The molecule has 2 aromatic rings. The van der Waals surface area contributed by atoms with Crippen LogP contribution in [0.15, 0.2) is 66.7 Å². The molecule has 4 heteroatoms. The maximum Gasteiger partial charge on any atom is 0.305 e. The van der Waals surface area contributed by atoms with E-state index in [9.17, 15) is 9.90 Å². The van der Waals surface area contributed by atoms with Gasteiger partial charge in [0.15, 0.2) is 0 Å². The first kappa shape index (κ1) is 22.8. The first-order valence-electron chi connectivity index (χ1n) is 11.7. The molecular formula is C28H34O4. The standard InChI is InChI=1S/C28H34O4/c1-31-27(30)12-8-3-2-7-11-25-24(19-29)26-18-28(25,20-32-26)17-21-13-15-23(16-14-21)22-9-5-4-6-10-22/h2,4-7,9-10,13-16,24-26,29H,3,8,11-12,17-20H2,1H3/t24-,25-,26-,28-/m1/s1. The van der Waals surface area contributed by atoms with E-state index in [2.05, 4.69) is 60.7 Å². The van der Waals surface area contributed by atoms with Gasteiger partial charge in [-0.15, -0.1) is 0 Å². The van der Waals surface area contributed by atoms with Crippen molar-refractivity contribution in [1.82, 2.24) is 0 Å². The lowest BCUT2D eigenvalue weighted by Crippen LogP contribution is -2.39. The second-order valence-electron chi connectivity index (χ2n) is 9.28. The molecule has 0 aromatic heterocycles. The molecule has 2 fully saturated rings. The Bertz CT molecular complexity index is 905. The number of benzene rings is 2. The van der Waals surface area contributed by atoms with Crippen molar-refractivity contribution >= 4 is 5.97 Å². The fourth-order valence-corrected chi connectivity index (χ4v) is 5.64. The Labute approximate surface area is 191 Å². The lowest BCUT2D eigenvalue weighted by molar-refractivity contribution is -0.140. The van der Waals surface area contributed by atoms with Crippen LogP contribution in [0.3, 0.4) is 0 Å². The summed E-state index contributed by atoms with van der Waals surface area (Å²) in [6.07, 6.45) is 9.68. The highest BCUT2D eigenvalue weighted by molar-refractivity contribution is 5.69. The zero-order valence-electron chi connectivity index (χ0n) is 18.9. The van der Waals surface area contributed by atoms with Crippen LogP contribution < -0.4 is 0 Å². The number of methoxy groups -OCH3 is 1. The largest absolute Gasteiger partial charge is 0.469 e. The summed E-state index contributed by atoms with van der Waals surface area (Å²) < 4.78 is 10.8. The van der Waals surface area contributed by atoms with E-state index in [4.69, 9.17) is 9.47 Å². The maximum absolute atomic E-state index is 11.3. The first-order valence-corrected chi connectivity index (χ1v) is 11.7. The van der Waals surface area contributed by atoms with Gasteiger partial charge in [-0.1, -0.05) is 66.7 Å². The van der Waals surface area contributed by atoms with Crippen molar-refractivity contribution in [1.29, 1.82) is 0 Å². The van der Waals surface area contributed by atoms with Gasteiger partial charge in [-0.2, -0.15) is 0 Å². The van der Waals surface area contributed by atoms with Crippen LogP contribution in [0.5, 0.6) is 0 Å². The second kappa shape index (κ2) is 10.5. The molecule has 4 nitrogen and oxygen atoms in total. The molecule has 0 amide bonds. The smallest absolute Gasteiger partial charge is 0.305 e. The number of carbonyl (C=O) groups is 1. The molecule has 0 radical (unpaired) electrons. The van der Waals surface area contributed by atoms with E-state index in [-0.39, 0.29) is 30.0 Å². The number of unbranched alkanes of at least 4 members (excludes halogenated alkanes) is 1. The average molecular weight is 435 g/mol. The minimum absolute atomic E-state index is 0.0860. The minimum Gasteiger partial charge on any atom is -0.469 e. The van der Waals surface area contributed by atoms with Gasteiger partial charge in [-0.3, -0.25) is 4.79 Å². The third kappa shape index (κ3) is 4.97. The number of ether oxygens (including phenoxy) is 2. The number of aliphatic hydroxyl groups excluding tert-OH is 1. The van der Waals surface area contributed by atoms with Crippen LogP contribution >= 0.6 is 0 Å². The fourth-order valence-electron chi connectivity index (χ4n) is 5.64. The fraction of sp³-hybridized carbons (Fsp3) is 0.464. The SMILES string of the molecule is COC(=O)CCCC=CC[C@@H]1[C@@H](CO)[C@H]2C[C@]1(Cc1ccc(-c3ccccc3)cc1)CO2. The first-order chi connectivity index (χ1) is 15.6. The number of fused-ring (bicyclic) bond motifs is 2. The number of hydrogen-bond acceptors (Lipinski definition) is 4. The molecule has 0 spiro atoms. The average Bonchev–Trinajstić information content (AvgIpc) is 3.38. The Morgan fingerprint density at radius 3 is 2.59 bits per heavy atom. The molecule has 4 rings (SSSR count). The number of carbonyl (C=O) groups excluding carboxylic acids is 1. The molecule has 1 heterocycles. The molecule has 1 aliphatic heterocycles. The van der Waals surface area contributed by atoms with Crippen molar-refractivity contribution in [3.8, 4) is 11.1 Å². The van der Waals surface area contributed by atoms with E-state index in [0.717, 1.165) is 38.7 Å². The third-order valence-electron chi connectivity index (χ3n) is 7.34. The van der Waals surface area contributed by atoms with Gasteiger partial charge in [0.05, 0.1) is 19.8 Å². The van der Waals surface area contributed by atoms with E-state index in [1.54, 1.807) is 0 Å². The monoisotopic (exact) mass is 434 g/mol. The van der Waals surface area contributed by atoms with E-state index in [0.29, 0.717) is 12.3 Å². The molecule has 2 aliphatic rings. The summed E-state index contributed by atoms with van der Waals surface area (Å²) in [4.78, 5) is 11.3. The number of rotatable bonds is 10. The van der Waals surface area contributed by atoms with Crippen LogP contribution in [0.1, 0.15) is 37.7 Å². The third-order valence-corrected chi connectivity index (χ3v) is 7.34. The highest BCUT2D eigenvalue weighted by Gasteiger charge is 2.57. The van der Waals surface area contributed by atoms with Crippen LogP contribution in [0.4, 0.5) is 0 Å². The highest BCUT2D eigenvalue weighted by atomic mass is 16.5. The Morgan fingerprint density at radius 2 is 1.88 bits per heavy atom. The van der Waals surface area contributed by atoms with Gasteiger partial charge < -0.3 is 14.6 Å². The van der Waals surface area contributed by atoms with Crippen LogP contribution in [0.25, 0.3) is 11.1 Å².